The van der Waals surface area contributed by atoms with Crippen LogP contribution in [0.2, 0.25) is 0 Å². The molecule has 3 unspecified atom stereocenters. The summed E-state index contributed by atoms with van der Waals surface area (Å²) >= 11 is 0. The van der Waals surface area contributed by atoms with Gasteiger partial charge in [0.2, 0.25) is 0 Å². The molecule has 1 aromatic rings. The van der Waals surface area contributed by atoms with Crippen LogP contribution >= 0.6 is 0 Å². The van der Waals surface area contributed by atoms with Gasteiger partial charge in [0, 0.05) is 32.7 Å². The quantitative estimate of drug-likeness (QED) is 0.779. The number of nitrogens with zero attached hydrogens (tertiary/aromatic N) is 2. The number of hydrogen-bond donors (Lipinski definition) is 2. The van der Waals surface area contributed by atoms with Crippen molar-refractivity contribution in [2.75, 3.05) is 32.8 Å². The van der Waals surface area contributed by atoms with E-state index in [4.69, 9.17) is 4.74 Å². The Labute approximate surface area is 166 Å². The Hall–Kier alpha value is -2.12. The lowest BCUT2D eigenvalue weighted by atomic mass is 9.90. The van der Waals surface area contributed by atoms with Gasteiger partial charge in [-0.1, -0.05) is 37.3 Å². The van der Waals surface area contributed by atoms with E-state index in [1.165, 1.54) is 5.56 Å². The standard InChI is InChI=1S/C21H31N3O4/c1-3-17(22-20(27)24-10-9-21(2,15-24)19(25)26)18-14-23(11-12-28-18)13-16-7-5-4-6-8-16/h4-8,17-18H,3,9-15H2,1-2H3,(H,22,27)(H,25,26). The van der Waals surface area contributed by atoms with Gasteiger partial charge in [0.25, 0.3) is 0 Å². The highest BCUT2D eigenvalue weighted by molar-refractivity contribution is 5.79. The molecule has 7 heteroatoms. The molecule has 2 amide bonds. The average Bonchev–Trinajstić information content (AvgIpc) is 3.11. The van der Waals surface area contributed by atoms with Crippen molar-refractivity contribution in [2.45, 2.75) is 45.4 Å². The first-order valence-electron chi connectivity index (χ1n) is 10.1. The van der Waals surface area contributed by atoms with Gasteiger partial charge in [-0.05, 0) is 25.3 Å². The van der Waals surface area contributed by atoms with E-state index in [2.05, 4.69) is 22.3 Å². The molecule has 0 bridgehead atoms. The van der Waals surface area contributed by atoms with Crippen molar-refractivity contribution in [3.63, 3.8) is 0 Å². The zero-order valence-corrected chi connectivity index (χ0v) is 16.8. The second kappa shape index (κ2) is 8.92. The largest absolute Gasteiger partial charge is 0.481 e. The fourth-order valence-electron chi connectivity index (χ4n) is 3.98. The van der Waals surface area contributed by atoms with Crippen molar-refractivity contribution < 1.29 is 19.4 Å². The summed E-state index contributed by atoms with van der Waals surface area (Å²) in [5, 5.41) is 12.5. The van der Waals surface area contributed by atoms with Crippen LogP contribution in [-0.2, 0) is 16.1 Å². The number of benzene rings is 1. The molecular formula is C21H31N3O4. The molecule has 1 aromatic carbocycles. The van der Waals surface area contributed by atoms with E-state index in [0.29, 0.717) is 19.6 Å². The molecule has 0 saturated carbocycles. The van der Waals surface area contributed by atoms with Crippen LogP contribution in [-0.4, -0.2) is 71.8 Å². The first-order valence-corrected chi connectivity index (χ1v) is 10.1. The maximum Gasteiger partial charge on any atom is 0.317 e. The van der Waals surface area contributed by atoms with Crippen LogP contribution in [0.25, 0.3) is 0 Å². The third-order valence-electron chi connectivity index (χ3n) is 5.90. The van der Waals surface area contributed by atoms with Crippen LogP contribution in [0.5, 0.6) is 0 Å². The average molecular weight is 389 g/mol. The Balaban J connectivity index is 1.55. The number of rotatable bonds is 6. The van der Waals surface area contributed by atoms with E-state index in [0.717, 1.165) is 26.1 Å². The topological polar surface area (TPSA) is 82.1 Å². The monoisotopic (exact) mass is 389 g/mol. The van der Waals surface area contributed by atoms with Gasteiger partial charge in [0.15, 0.2) is 0 Å². The molecule has 3 atom stereocenters. The van der Waals surface area contributed by atoms with Crippen LogP contribution in [0.4, 0.5) is 4.79 Å². The number of nitrogens with one attached hydrogen (secondary N) is 1. The summed E-state index contributed by atoms with van der Waals surface area (Å²) in [5.41, 5.74) is 0.414. The Bertz CT molecular complexity index is 683. The van der Waals surface area contributed by atoms with Gasteiger partial charge in [0.1, 0.15) is 0 Å². The fourth-order valence-corrected chi connectivity index (χ4v) is 3.98. The normalized spacial score (nSPS) is 26.8. The zero-order chi connectivity index (χ0) is 20.1. The summed E-state index contributed by atoms with van der Waals surface area (Å²) in [6.07, 6.45) is 1.18. The molecule has 3 rings (SSSR count). The van der Waals surface area contributed by atoms with Gasteiger partial charge in [0.05, 0.1) is 24.2 Å². The second-order valence-electron chi connectivity index (χ2n) is 8.13. The smallest absolute Gasteiger partial charge is 0.317 e. The number of carboxylic acid groups (broad SMARTS) is 1. The lowest BCUT2D eigenvalue weighted by Crippen LogP contribution is -2.55. The first-order chi connectivity index (χ1) is 13.4. The van der Waals surface area contributed by atoms with Gasteiger partial charge in [-0.3, -0.25) is 9.69 Å². The molecule has 0 aromatic heterocycles. The van der Waals surface area contributed by atoms with Crippen molar-refractivity contribution in [2.24, 2.45) is 5.41 Å². The number of aliphatic carboxylic acids is 1. The second-order valence-corrected chi connectivity index (χ2v) is 8.13. The number of likely N-dealkylation sites (tertiary alicyclic amines) is 1. The summed E-state index contributed by atoms with van der Waals surface area (Å²) < 4.78 is 5.97. The van der Waals surface area contributed by atoms with E-state index >= 15 is 0 Å². The summed E-state index contributed by atoms with van der Waals surface area (Å²) in [7, 11) is 0. The molecule has 2 heterocycles. The van der Waals surface area contributed by atoms with Gasteiger partial charge in [-0.2, -0.15) is 0 Å². The summed E-state index contributed by atoms with van der Waals surface area (Å²) in [6.45, 7) is 7.60. The van der Waals surface area contributed by atoms with Crippen LogP contribution in [0.1, 0.15) is 32.3 Å². The van der Waals surface area contributed by atoms with Crippen molar-refractivity contribution in [3.05, 3.63) is 35.9 Å². The third-order valence-corrected chi connectivity index (χ3v) is 5.90. The van der Waals surface area contributed by atoms with E-state index in [-0.39, 0.29) is 24.7 Å². The molecule has 2 saturated heterocycles. The number of carbonyl (C=O) groups is 2. The van der Waals surface area contributed by atoms with Crippen LogP contribution in [0.15, 0.2) is 30.3 Å². The minimum atomic E-state index is -0.854. The number of amides is 2. The van der Waals surface area contributed by atoms with E-state index < -0.39 is 11.4 Å². The Morgan fingerprint density at radius 2 is 2.07 bits per heavy atom. The summed E-state index contributed by atoms with van der Waals surface area (Å²) in [5.74, 6) is -0.845. The predicted octanol–water partition coefficient (Wildman–Crippen LogP) is 2.17. The van der Waals surface area contributed by atoms with E-state index in [1.54, 1.807) is 11.8 Å². The maximum atomic E-state index is 12.7. The zero-order valence-electron chi connectivity index (χ0n) is 16.8. The summed E-state index contributed by atoms with van der Waals surface area (Å²) in [6, 6.07) is 10.1. The number of ether oxygens (including phenoxy) is 1. The Morgan fingerprint density at radius 3 is 2.71 bits per heavy atom. The highest BCUT2D eigenvalue weighted by Crippen LogP contribution is 2.30. The number of morpholine rings is 1. The first kappa shape index (κ1) is 20.6. The van der Waals surface area contributed by atoms with Gasteiger partial charge in [-0.25, -0.2) is 4.79 Å². The number of carboxylic acids is 1. The molecule has 2 aliphatic heterocycles. The molecule has 28 heavy (non-hydrogen) atoms. The summed E-state index contributed by atoms with van der Waals surface area (Å²) in [4.78, 5) is 28.1. The van der Waals surface area contributed by atoms with Gasteiger partial charge < -0.3 is 20.1 Å². The number of urea groups is 1. The minimum Gasteiger partial charge on any atom is -0.481 e. The Morgan fingerprint density at radius 1 is 1.32 bits per heavy atom. The molecule has 0 aliphatic carbocycles. The fraction of sp³-hybridized carbons (Fsp3) is 0.619. The molecule has 0 radical (unpaired) electrons. The highest BCUT2D eigenvalue weighted by atomic mass is 16.5. The predicted molar refractivity (Wildman–Crippen MR) is 106 cm³/mol. The van der Waals surface area contributed by atoms with E-state index in [9.17, 15) is 14.7 Å². The molecule has 0 spiro atoms. The lowest BCUT2D eigenvalue weighted by Gasteiger charge is -2.37. The van der Waals surface area contributed by atoms with Crippen molar-refractivity contribution in [3.8, 4) is 0 Å². The number of hydrogen-bond acceptors (Lipinski definition) is 4. The number of carbonyl (C=O) groups excluding carboxylic acids is 1. The molecular weight excluding hydrogens is 358 g/mol. The lowest BCUT2D eigenvalue weighted by molar-refractivity contribution is -0.147. The van der Waals surface area contributed by atoms with Gasteiger partial charge >= 0.3 is 12.0 Å². The molecule has 154 valence electrons. The highest BCUT2D eigenvalue weighted by Gasteiger charge is 2.42. The SMILES string of the molecule is CCC(NC(=O)N1CCC(C)(C(=O)O)C1)C1CN(Cc2ccccc2)CCO1. The molecule has 7 nitrogen and oxygen atoms in total. The van der Waals surface area contributed by atoms with Crippen LogP contribution in [0, 0.1) is 5.41 Å². The van der Waals surface area contributed by atoms with Crippen molar-refractivity contribution in [1.82, 2.24) is 15.1 Å². The minimum absolute atomic E-state index is 0.0696. The molecule has 2 aliphatic rings. The third kappa shape index (κ3) is 4.83. The maximum absolute atomic E-state index is 12.7. The van der Waals surface area contributed by atoms with Crippen molar-refractivity contribution in [1.29, 1.82) is 0 Å². The van der Waals surface area contributed by atoms with Crippen LogP contribution < -0.4 is 5.32 Å². The van der Waals surface area contributed by atoms with Crippen LogP contribution in [0.3, 0.4) is 0 Å². The van der Waals surface area contributed by atoms with Crippen molar-refractivity contribution >= 4 is 12.0 Å². The molecule has 2 N–H and O–H groups in total. The molecule has 2 fully saturated rings. The van der Waals surface area contributed by atoms with Gasteiger partial charge in [-0.15, -0.1) is 0 Å². The van der Waals surface area contributed by atoms with E-state index in [1.807, 2.05) is 25.1 Å². The Kier molecular flexibility index (Phi) is 6.57.